The third-order valence-corrected chi connectivity index (χ3v) is 4.28. The summed E-state index contributed by atoms with van der Waals surface area (Å²) in [4.78, 5) is 8.10. The van der Waals surface area contributed by atoms with Crippen LogP contribution >= 0.6 is 0 Å². The van der Waals surface area contributed by atoms with Gasteiger partial charge in [-0.1, -0.05) is 12.1 Å². The molecule has 0 aliphatic heterocycles. The van der Waals surface area contributed by atoms with Crippen LogP contribution in [0.25, 0.3) is 16.9 Å². The van der Waals surface area contributed by atoms with Gasteiger partial charge in [-0.2, -0.15) is 9.78 Å². The first kappa shape index (κ1) is 18.4. The van der Waals surface area contributed by atoms with Crippen LogP contribution in [0.2, 0.25) is 0 Å². The first-order valence-electron chi connectivity index (χ1n) is 8.25. The Morgan fingerprint density at radius 3 is 2.45 bits per heavy atom. The summed E-state index contributed by atoms with van der Waals surface area (Å²) in [5.41, 5.74) is 5.25. The van der Waals surface area contributed by atoms with Crippen LogP contribution in [0.1, 0.15) is 23.1 Å². The van der Waals surface area contributed by atoms with Gasteiger partial charge < -0.3 is 10.8 Å². The van der Waals surface area contributed by atoms with Crippen molar-refractivity contribution < 1.29 is 18.3 Å². The topological polar surface area (TPSA) is 113 Å². The molecule has 0 fully saturated rings. The van der Waals surface area contributed by atoms with Crippen molar-refractivity contribution in [3.8, 4) is 17.3 Å². The Morgan fingerprint density at radius 2 is 1.76 bits per heavy atom. The van der Waals surface area contributed by atoms with Gasteiger partial charge in [0.25, 0.3) is 0 Å². The number of aliphatic hydroxyl groups is 1. The van der Waals surface area contributed by atoms with Gasteiger partial charge in [0.1, 0.15) is 29.6 Å². The molecular weight excluding hydrogens is 385 g/mol. The molecule has 0 radical (unpaired) electrons. The van der Waals surface area contributed by atoms with Crippen molar-refractivity contribution in [1.82, 2.24) is 19.6 Å². The predicted molar refractivity (Wildman–Crippen MR) is 95.7 cm³/mol. The molecule has 144 valence electrons. The minimum Gasteiger partial charge on any atom is -0.380 e. The molecule has 0 bridgehead atoms. The van der Waals surface area contributed by atoms with Crippen molar-refractivity contribution in [1.29, 1.82) is 5.26 Å². The minimum atomic E-state index is -1.79. The first-order valence-corrected chi connectivity index (χ1v) is 8.25. The molecule has 2 aromatic heterocycles. The number of nitrogens with zero attached hydrogens (tertiary/aromatic N) is 5. The van der Waals surface area contributed by atoms with E-state index in [-0.39, 0.29) is 34.2 Å². The van der Waals surface area contributed by atoms with E-state index in [0.717, 1.165) is 22.7 Å². The number of anilines is 1. The summed E-state index contributed by atoms with van der Waals surface area (Å²) in [5.74, 6) is -3.21. The zero-order valence-corrected chi connectivity index (χ0v) is 14.5. The Kier molecular flexibility index (Phi) is 4.37. The summed E-state index contributed by atoms with van der Waals surface area (Å²) in [6, 6.07) is 10.4. The average molecular weight is 396 g/mol. The molecule has 3 N–H and O–H groups in total. The van der Waals surface area contributed by atoms with Gasteiger partial charge in [0, 0.05) is 11.6 Å². The fourth-order valence-electron chi connectivity index (χ4n) is 2.90. The van der Waals surface area contributed by atoms with Crippen molar-refractivity contribution in [2.45, 2.75) is 6.10 Å². The maximum absolute atomic E-state index is 14.5. The number of aromatic nitrogens is 4. The molecular formula is C19H11F3N6O. The second kappa shape index (κ2) is 6.88. The minimum absolute atomic E-state index is 0.0171. The lowest BCUT2D eigenvalue weighted by Crippen LogP contribution is -2.08. The molecule has 1 atom stereocenters. The highest BCUT2D eigenvalue weighted by atomic mass is 19.1. The van der Waals surface area contributed by atoms with Gasteiger partial charge >= 0.3 is 0 Å². The van der Waals surface area contributed by atoms with Gasteiger partial charge in [-0.15, -0.1) is 5.10 Å². The fourth-order valence-corrected chi connectivity index (χ4v) is 2.90. The van der Waals surface area contributed by atoms with Crippen LogP contribution in [0.4, 0.5) is 19.1 Å². The number of fused-ring (bicyclic) bond motifs is 1. The summed E-state index contributed by atoms with van der Waals surface area (Å²) >= 11 is 0. The molecule has 4 aromatic rings. The van der Waals surface area contributed by atoms with Crippen LogP contribution in [0.3, 0.4) is 0 Å². The van der Waals surface area contributed by atoms with Crippen molar-refractivity contribution >= 4 is 11.6 Å². The number of halogens is 3. The van der Waals surface area contributed by atoms with E-state index in [1.807, 2.05) is 0 Å². The highest BCUT2D eigenvalue weighted by molar-refractivity contribution is 5.67. The van der Waals surface area contributed by atoms with Gasteiger partial charge in [-0.25, -0.2) is 23.1 Å². The van der Waals surface area contributed by atoms with E-state index >= 15 is 0 Å². The number of hydrogen-bond donors (Lipinski definition) is 2. The second-order valence-electron chi connectivity index (χ2n) is 6.06. The Labute approximate surface area is 161 Å². The molecule has 1 unspecified atom stereocenters. The molecule has 7 nitrogen and oxygen atoms in total. The summed E-state index contributed by atoms with van der Waals surface area (Å²) in [6.45, 7) is 0. The summed E-state index contributed by atoms with van der Waals surface area (Å²) in [6.07, 6.45) is -1.79. The first-order chi connectivity index (χ1) is 13.9. The van der Waals surface area contributed by atoms with E-state index in [1.54, 1.807) is 6.07 Å². The third-order valence-electron chi connectivity index (χ3n) is 4.28. The van der Waals surface area contributed by atoms with E-state index in [1.165, 1.54) is 24.3 Å². The summed E-state index contributed by atoms with van der Waals surface area (Å²) in [5, 5.41) is 23.3. The molecule has 0 amide bonds. The monoisotopic (exact) mass is 396 g/mol. The van der Waals surface area contributed by atoms with Crippen molar-refractivity contribution in [2.75, 3.05) is 5.73 Å². The van der Waals surface area contributed by atoms with E-state index in [0.29, 0.717) is 0 Å². The van der Waals surface area contributed by atoms with Gasteiger partial charge in [0.15, 0.2) is 11.5 Å². The van der Waals surface area contributed by atoms with E-state index in [2.05, 4.69) is 15.1 Å². The highest BCUT2D eigenvalue weighted by Gasteiger charge is 2.24. The SMILES string of the molecule is N#Cc1cccc(-c2cc3nc(C(O)c4c(F)cccc4F)nn3c(N)n2)c1F. The molecule has 10 heteroatoms. The van der Waals surface area contributed by atoms with Crippen molar-refractivity contribution in [3.63, 3.8) is 0 Å². The Bertz CT molecular complexity index is 1280. The summed E-state index contributed by atoms with van der Waals surface area (Å²) < 4.78 is 43.4. The molecule has 0 spiro atoms. The fraction of sp³-hybridized carbons (Fsp3) is 0.0526. The molecule has 0 aliphatic carbocycles. The number of benzene rings is 2. The van der Waals surface area contributed by atoms with E-state index < -0.39 is 29.1 Å². The molecule has 2 heterocycles. The normalized spacial score (nSPS) is 12.1. The van der Waals surface area contributed by atoms with Crippen LogP contribution in [0.15, 0.2) is 42.5 Å². The lowest BCUT2D eigenvalue weighted by atomic mass is 10.1. The number of nitriles is 1. The maximum atomic E-state index is 14.5. The second-order valence-corrected chi connectivity index (χ2v) is 6.06. The lowest BCUT2D eigenvalue weighted by Gasteiger charge is -2.08. The van der Waals surface area contributed by atoms with Gasteiger partial charge in [0.2, 0.25) is 5.95 Å². The Morgan fingerprint density at radius 1 is 1.07 bits per heavy atom. The standard InChI is InChI=1S/C19H11F3N6O/c20-11-5-2-6-12(21)15(11)17(29)18-26-14-7-13(25-19(24)28(14)27-18)10-4-1-3-9(8-23)16(10)22/h1-7,17,29H,(H2,24,25). The number of rotatable bonds is 3. The Balaban J connectivity index is 1.84. The van der Waals surface area contributed by atoms with Gasteiger partial charge in [-0.05, 0) is 24.3 Å². The largest absolute Gasteiger partial charge is 0.380 e. The van der Waals surface area contributed by atoms with Crippen LogP contribution in [0.5, 0.6) is 0 Å². The molecule has 0 aliphatic rings. The predicted octanol–water partition coefficient (Wildman–Crippen LogP) is 2.74. The zero-order chi connectivity index (χ0) is 20.7. The zero-order valence-electron chi connectivity index (χ0n) is 14.5. The number of hydrogen-bond acceptors (Lipinski definition) is 6. The number of nitrogens with two attached hydrogens (primary N) is 1. The molecule has 0 saturated heterocycles. The van der Waals surface area contributed by atoms with Crippen molar-refractivity contribution in [3.05, 3.63) is 76.9 Å². The summed E-state index contributed by atoms with van der Waals surface area (Å²) in [7, 11) is 0. The van der Waals surface area contributed by atoms with Gasteiger partial charge in [0.05, 0.1) is 16.8 Å². The quantitative estimate of drug-likeness (QED) is 0.551. The number of nitrogen functional groups attached to an aromatic ring is 1. The maximum Gasteiger partial charge on any atom is 0.223 e. The number of aliphatic hydroxyl groups excluding tert-OH is 1. The third kappa shape index (κ3) is 3.03. The molecule has 4 rings (SSSR count). The van der Waals surface area contributed by atoms with Gasteiger partial charge in [-0.3, -0.25) is 0 Å². The van der Waals surface area contributed by atoms with E-state index in [9.17, 15) is 18.3 Å². The average Bonchev–Trinajstić information content (AvgIpc) is 3.13. The smallest absolute Gasteiger partial charge is 0.223 e. The highest BCUT2D eigenvalue weighted by Crippen LogP contribution is 2.28. The van der Waals surface area contributed by atoms with E-state index in [4.69, 9.17) is 11.0 Å². The lowest BCUT2D eigenvalue weighted by molar-refractivity contribution is 0.199. The van der Waals surface area contributed by atoms with Crippen LogP contribution in [0, 0.1) is 28.8 Å². The Hall–Kier alpha value is -3.97. The molecule has 0 saturated carbocycles. The van der Waals surface area contributed by atoms with Crippen LogP contribution in [-0.2, 0) is 0 Å². The van der Waals surface area contributed by atoms with Crippen LogP contribution in [-0.4, -0.2) is 24.7 Å². The van der Waals surface area contributed by atoms with Crippen molar-refractivity contribution in [2.24, 2.45) is 0 Å². The molecule has 2 aromatic carbocycles. The molecule has 29 heavy (non-hydrogen) atoms. The van der Waals surface area contributed by atoms with Crippen LogP contribution < -0.4 is 5.73 Å².